The summed E-state index contributed by atoms with van der Waals surface area (Å²) in [5.41, 5.74) is 5.59. The molecule has 1 fully saturated rings. The van der Waals surface area contributed by atoms with Gasteiger partial charge in [-0.1, -0.05) is 133 Å². The predicted molar refractivity (Wildman–Crippen MR) is 219 cm³/mol. The smallest absolute Gasteiger partial charge is 0.187 e. The highest BCUT2D eigenvalue weighted by Gasteiger charge is 2.44. The second-order valence-electron chi connectivity index (χ2n) is 16.0. The second kappa shape index (κ2) is 21.6. The largest absolute Gasteiger partial charge is 0.388 e. The number of ketones is 1. The van der Waals surface area contributed by atoms with Gasteiger partial charge >= 0.3 is 0 Å². The van der Waals surface area contributed by atoms with E-state index < -0.39 is 48.5 Å². The van der Waals surface area contributed by atoms with Crippen LogP contribution in [0, 0.1) is 5.41 Å². The van der Waals surface area contributed by atoms with E-state index in [1.165, 1.54) is 0 Å². The first kappa shape index (κ1) is 46.7. The van der Waals surface area contributed by atoms with Crippen LogP contribution in [0.3, 0.4) is 0 Å². The normalized spacial score (nSPS) is 27.9. The fourth-order valence-corrected chi connectivity index (χ4v) is 6.16. The van der Waals surface area contributed by atoms with Crippen LogP contribution in [0.2, 0.25) is 0 Å². The summed E-state index contributed by atoms with van der Waals surface area (Å²) < 4.78 is 11.5. The minimum absolute atomic E-state index is 0.182. The van der Waals surface area contributed by atoms with Gasteiger partial charge in [0, 0.05) is 0 Å². The van der Waals surface area contributed by atoms with Gasteiger partial charge in [-0.2, -0.15) is 0 Å². The number of carbonyl (C=O) groups excluding carboxylic acids is 1. The molecule has 2 aliphatic rings. The van der Waals surface area contributed by atoms with Crippen LogP contribution >= 0.6 is 0 Å². The summed E-state index contributed by atoms with van der Waals surface area (Å²) >= 11 is 0. The van der Waals surface area contributed by atoms with E-state index >= 15 is 0 Å². The maximum atomic E-state index is 12.3. The molecule has 0 unspecified atom stereocenters. The molecule has 7 atom stereocenters. The number of Topliss-reactive ketones (excluding diaryl/α,β-unsaturated/α-hetero) is 1. The molecule has 298 valence electrons. The molecule has 1 aliphatic carbocycles. The molecule has 54 heavy (non-hydrogen) atoms. The molecule has 1 heterocycles. The van der Waals surface area contributed by atoms with Gasteiger partial charge in [-0.15, -0.1) is 0 Å². The van der Waals surface area contributed by atoms with Gasteiger partial charge in [0.2, 0.25) is 0 Å². The molecule has 0 aromatic heterocycles. The van der Waals surface area contributed by atoms with Crippen molar-refractivity contribution in [3.05, 3.63) is 130 Å². The van der Waals surface area contributed by atoms with Crippen LogP contribution in [-0.4, -0.2) is 79.8 Å². The van der Waals surface area contributed by atoms with Crippen LogP contribution in [0.15, 0.2) is 130 Å². The molecule has 8 nitrogen and oxygen atoms in total. The average molecular weight is 747 g/mol. The van der Waals surface area contributed by atoms with Crippen molar-refractivity contribution in [3.8, 4) is 0 Å². The van der Waals surface area contributed by atoms with E-state index in [0.717, 1.165) is 33.4 Å². The summed E-state index contributed by atoms with van der Waals surface area (Å²) in [5.74, 6) is -0.182. The minimum atomic E-state index is -1.43. The number of hydrogen-bond donors (Lipinski definition) is 5. The fraction of sp³-hybridized carbons (Fsp3) is 0.500. The lowest BCUT2D eigenvalue weighted by Crippen LogP contribution is -2.59. The third-order valence-electron chi connectivity index (χ3n) is 9.72. The fourth-order valence-electron chi connectivity index (χ4n) is 6.16. The number of aliphatic hydroxyl groups is 5. The topological polar surface area (TPSA) is 137 Å². The van der Waals surface area contributed by atoms with Crippen molar-refractivity contribution in [2.75, 3.05) is 0 Å². The number of rotatable bonds is 16. The lowest BCUT2D eigenvalue weighted by molar-refractivity contribution is -0.315. The summed E-state index contributed by atoms with van der Waals surface area (Å²) in [4.78, 5) is 12.3. The number of aliphatic hydroxyl groups excluding tert-OH is 4. The van der Waals surface area contributed by atoms with Gasteiger partial charge in [-0.05, 0) is 98.1 Å². The van der Waals surface area contributed by atoms with E-state index in [9.17, 15) is 30.3 Å². The van der Waals surface area contributed by atoms with E-state index in [1.54, 1.807) is 27.7 Å². The predicted octanol–water partition coefficient (Wildman–Crippen LogP) is 7.94. The van der Waals surface area contributed by atoms with E-state index in [0.29, 0.717) is 24.8 Å². The highest BCUT2D eigenvalue weighted by atomic mass is 16.7. The molecule has 0 amide bonds. The van der Waals surface area contributed by atoms with Crippen molar-refractivity contribution in [1.82, 2.24) is 0 Å². The zero-order valence-corrected chi connectivity index (χ0v) is 34.3. The van der Waals surface area contributed by atoms with Crippen molar-refractivity contribution in [2.45, 2.75) is 144 Å². The average Bonchev–Trinajstić information content (AvgIpc) is 3.07. The Kier molecular flexibility index (Phi) is 18.7. The summed E-state index contributed by atoms with van der Waals surface area (Å²) in [6, 6.07) is 0. The third-order valence-corrected chi connectivity index (χ3v) is 9.72. The molecule has 0 radical (unpaired) electrons. The Bertz CT molecular complexity index is 1610. The Morgan fingerprint density at radius 2 is 1.28 bits per heavy atom. The van der Waals surface area contributed by atoms with Crippen LogP contribution in [0.5, 0.6) is 0 Å². The lowest BCUT2D eigenvalue weighted by atomic mass is 9.71. The van der Waals surface area contributed by atoms with Crippen LogP contribution in [-0.2, 0) is 14.3 Å². The van der Waals surface area contributed by atoms with Crippen molar-refractivity contribution < 1.29 is 39.8 Å². The maximum Gasteiger partial charge on any atom is 0.187 e. The molecular formula is C46H66O8. The first-order valence-corrected chi connectivity index (χ1v) is 18.9. The quantitative estimate of drug-likeness (QED) is 0.101. The number of allylic oxidation sites excluding steroid dienone is 21. The highest BCUT2D eigenvalue weighted by molar-refractivity contribution is 6.00. The summed E-state index contributed by atoms with van der Waals surface area (Å²) in [5, 5.41) is 51.2. The highest BCUT2D eigenvalue weighted by Crippen LogP contribution is 2.39. The first-order chi connectivity index (χ1) is 25.1. The standard InChI is InChI=1S/C46H66O8/c1-30(17-12-13-18-31(2)20-15-23-33(4)25-27-37-35(6)40(48)38(47)29-45(37,8)9)19-14-21-32(3)22-16-24-34(5)26-28-39(46(10,11)52)54-44-43(51)42(50)41(49)36(7)53-44/h12-25,27,36,38-39,41-44,47,49-52H,26,28-29H2,1-11H3/b13-12+,19-14+,20-15+,22-16+,27-25+,30-17+,31-18+,32-21+,33-23+,34-24+/t36-,38+,39-,41+,42+,43-,44-/m0/s1. The number of carbonyl (C=O) groups is 1. The van der Waals surface area contributed by atoms with Gasteiger partial charge in [-0.25, -0.2) is 0 Å². The molecule has 0 spiro atoms. The zero-order valence-electron chi connectivity index (χ0n) is 34.3. The Morgan fingerprint density at radius 1 is 0.796 bits per heavy atom. The van der Waals surface area contributed by atoms with Crippen LogP contribution < -0.4 is 0 Å². The maximum absolute atomic E-state index is 12.3. The van der Waals surface area contributed by atoms with Gasteiger partial charge in [0.1, 0.15) is 24.4 Å². The Labute approximate surface area is 324 Å². The lowest BCUT2D eigenvalue weighted by Gasteiger charge is -2.42. The number of hydrogen-bond acceptors (Lipinski definition) is 8. The van der Waals surface area contributed by atoms with Gasteiger partial charge in [0.15, 0.2) is 12.1 Å². The molecule has 0 bridgehead atoms. The molecule has 1 aliphatic heterocycles. The van der Waals surface area contributed by atoms with E-state index in [1.807, 2.05) is 114 Å². The molecule has 0 aromatic rings. The van der Waals surface area contributed by atoms with E-state index in [2.05, 4.69) is 26.0 Å². The SMILES string of the molecule is CC1=C(/C=C/C(C)=C/C=C/C(C)=C/C=C/C=C(C)/C=C/C=C(C)/C=C/C=C(\C)CC[C@H](O[C@@H]2O[C@@H](C)[C@@H](O)[C@@H](O)[C@@H]2O)C(C)(C)O)C(C)(C)C[C@@H](O)C1=O. The summed E-state index contributed by atoms with van der Waals surface area (Å²) in [6.45, 7) is 20.9. The first-order valence-electron chi connectivity index (χ1n) is 18.9. The molecule has 0 saturated carbocycles. The van der Waals surface area contributed by atoms with Crippen LogP contribution in [0.4, 0.5) is 0 Å². The van der Waals surface area contributed by atoms with Crippen molar-refractivity contribution in [3.63, 3.8) is 0 Å². The Balaban J connectivity index is 1.87. The van der Waals surface area contributed by atoms with Crippen molar-refractivity contribution in [1.29, 1.82) is 0 Å². The molecule has 5 N–H and O–H groups in total. The minimum Gasteiger partial charge on any atom is -0.388 e. The molecule has 8 heteroatoms. The Morgan fingerprint density at radius 3 is 1.80 bits per heavy atom. The van der Waals surface area contributed by atoms with Crippen molar-refractivity contribution >= 4 is 5.78 Å². The van der Waals surface area contributed by atoms with Crippen LogP contribution in [0.1, 0.15) is 95.4 Å². The van der Waals surface area contributed by atoms with Crippen LogP contribution in [0.25, 0.3) is 0 Å². The molecular weight excluding hydrogens is 680 g/mol. The van der Waals surface area contributed by atoms with Gasteiger partial charge < -0.3 is 35.0 Å². The number of ether oxygens (including phenoxy) is 2. The monoisotopic (exact) mass is 746 g/mol. The Hall–Kier alpha value is -3.47. The summed E-state index contributed by atoms with van der Waals surface area (Å²) in [6.07, 6.45) is 24.4. The van der Waals surface area contributed by atoms with E-state index in [4.69, 9.17) is 9.47 Å². The molecule has 0 aromatic carbocycles. The third kappa shape index (κ3) is 15.3. The molecule has 1 saturated heterocycles. The zero-order chi connectivity index (χ0) is 40.8. The van der Waals surface area contributed by atoms with Gasteiger partial charge in [0.05, 0.1) is 17.8 Å². The van der Waals surface area contributed by atoms with Gasteiger partial charge in [0.25, 0.3) is 0 Å². The second-order valence-corrected chi connectivity index (χ2v) is 16.0. The van der Waals surface area contributed by atoms with Gasteiger partial charge in [-0.3, -0.25) is 4.79 Å². The molecule has 2 rings (SSSR count). The van der Waals surface area contributed by atoms with Crippen molar-refractivity contribution in [2.24, 2.45) is 5.41 Å². The van der Waals surface area contributed by atoms with E-state index in [-0.39, 0.29) is 11.2 Å². The summed E-state index contributed by atoms with van der Waals surface area (Å²) in [7, 11) is 0.